The minimum Gasteiger partial charge on any atom is -0.487 e. The Morgan fingerprint density at radius 3 is 2.61 bits per heavy atom. The summed E-state index contributed by atoms with van der Waals surface area (Å²) in [5, 5.41) is 8.69. The van der Waals surface area contributed by atoms with E-state index >= 15 is 0 Å². The van der Waals surface area contributed by atoms with Crippen molar-refractivity contribution in [1.29, 1.82) is 5.41 Å². The fourth-order valence-electron chi connectivity index (χ4n) is 3.56. The van der Waals surface area contributed by atoms with Crippen LogP contribution in [0.4, 0.5) is 11.5 Å². The minimum atomic E-state index is -0.0287. The van der Waals surface area contributed by atoms with Crippen LogP contribution >= 0.6 is 0 Å². The Balaban J connectivity index is 1.56. The molecule has 1 saturated carbocycles. The summed E-state index contributed by atoms with van der Waals surface area (Å²) in [5.41, 5.74) is 8.22. The fraction of sp³-hybridized carbons (Fsp3) is 0.476. The Morgan fingerprint density at radius 2 is 1.93 bits per heavy atom. The third kappa shape index (κ3) is 3.80. The third-order valence-electron chi connectivity index (χ3n) is 5.82. The number of hydrogen-bond acceptors (Lipinski definition) is 7. The fourth-order valence-corrected chi connectivity index (χ4v) is 3.56. The molecule has 1 aliphatic heterocycles. The molecule has 4 rings (SSSR count). The second-order valence-corrected chi connectivity index (χ2v) is 7.81. The van der Waals surface area contributed by atoms with Gasteiger partial charge in [-0.15, -0.1) is 0 Å². The summed E-state index contributed by atoms with van der Waals surface area (Å²) >= 11 is 0. The van der Waals surface area contributed by atoms with Crippen LogP contribution in [0.25, 0.3) is 0 Å². The first kappa shape index (κ1) is 18.7. The molecule has 1 aliphatic carbocycles. The van der Waals surface area contributed by atoms with E-state index < -0.39 is 0 Å². The van der Waals surface area contributed by atoms with Crippen molar-refractivity contribution in [2.45, 2.75) is 31.8 Å². The van der Waals surface area contributed by atoms with E-state index in [9.17, 15) is 0 Å². The maximum absolute atomic E-state index is 8.69. The molecule has 0 bridgehead atoms. The molecule has 0 amide bonds. The summed E-state index contributed by atoms with van der Waals surface area (Å²) in [7, 11) is 2.13. The molecule has 2 aliphatic rings. The number of nitrogens with two attached hydrogens (primary N) is 1. The van der Waals surface area contributed by atoms with Gasteiger partial charge < -0.3 is 20.3 Å². The Labute approximate surface area is 166 Å². The van der Waals surface area contributed by atoms with Crippen LogP contribution < -0.4 is 15.4 Å². The van der Waals surface area contributed by atoms with Gasteiger partial charge in [-0.3, -0.25) is 5.41 Å². The summed E-state index contributed by atoms with van der Waals surface area (Å²) in [6.07, 6.45) is 4.69. The average Bonchev–Trinajstić information content (AvgIpc) is 3.49. The highest BCUT2D eigenvalue weighted by Gasteiger charge is 2.43. The molecule has 0 unspecified atom stereocenters. The predicted molar refractivity (Wildman–Crippen MR) is 111 cm³/mol. The molecule has 7 heteroatoms. The van der Waals surface area contributed by atoms with Gasteiger partial charge in [-0.25, -0.2) is 9.97 Å². The molecule has 2 aromatic rings. The summed E-state index contributed by atoms with van der Waals surface area (Å²) in [6.45, 7) is 5.99. The van der Waals surface area contributed by atoms with Crippen molar-refractivity contribution in [1.82, 2.24) is 14.9 Å². The van der Waals surface area contributed by atoms with Crippen molar-refractivity contribution < 1.29 is 4.74 Å². The van der Waals surface area contributed by atoms with Gasteiger partial charge in [0.1, 0.15) is 23.5 Å². The molecule has 2 heterocycles. The lowest BCUT2D eigenvalue weighted by Crippen LogP contribution is -2.44. The highest BCUT2D eigenvalue weighted by atomic mass is 16.5. The topological polar surface area (TPSA) is 91.4 Å². The van der Waals surface area contributed by atoms with E-state index in [0.29, 0.717) is 22.7 Å². The zero-order valence-electron chi connectivity index (χ0n) is 16.6. The first-order chi connectivity index (χ1) is 13.5. The molecule has 28 heavy (non-hydrogen) atoms. The van der Waals surface area contributed by atoms with Gasteiger partial charge in [-0.05, 0) is 44.5 Å². The van der Waals surface area contributed by atoms with Gasteiger partial charge in [0.15, 0.2) is 0 Å². The normalized spacial score (nSPS) is 18.7. The number of hydrogen-bond donors (Lipinski definition) is 2. The first-order valence-electron chi connectivity index (χ1n) is 9.93. The number of likely N-dealkylation sites (N-methyl/N-ethyl adjacent to an activating group) is 1. The van der Waals surface area contributed by atoms with Gasteiger partial charge in [-0.2, -0.15) is 0 Å². The summed E-state index contributed by atoms with van der Waals surface area (Å²) < 4.78 is 6.17. The molecule has 2 fully saturated rings. The number of nitrogens with zero attached hydrogens (tertiary/aromatic N) is 4. The van der Waals surface area contributed by atoms with Crippen LogP contribution in [-0.4, -0.2) is 59.4 Å². The summed E-state index contributed by atoms with van der Waals surface area (Å²) in [5.74, 6) is 1.62. The standard InChI is InChI=1S/C21H28N6O/c1-3-21(6-7-21)28-15-4-5-17(22)16(12-15)20(23)18-13-19(25-14-24-18)27-10-8-26(2)9-11-27/h4-5,12-14,23H,3,6-11,22H2,1-2H3. The number of anilines is 2. The Hall–Kier alpha value is -2.67. The van der Waals surface area contributed by atoms with Crippen molar-refractivity contribution in [2.75, 3.05) is 43.9 Å². The van der Waals surface area contributed by atoms with Crippen molar-refractivity contribution in [3.8, 4) is 5.75 Å². The van der Waals surface area contributed by atoms with Crippen molar-refractivity contribution in [3.63, 3.8) is 0 Å². The smallest absolute Gasteiger partial charge is 0.132 e. The van der Waals surface area contributed by atoms with Crippen LogP contribution in [0.3, 0.4) is 0 Å². The van der Waals surface area contributed by atoms with E-state index in [4.69, 9.17) is 15.9 Å². The predicted octanol–water partition coefficient (Wildman–Crippen LogP) is 2.55. The molecular formula is C21H28N6O. The minimum absolute atomic E-state index is 0.0287. The number of nitrogen functional groups attached to an aromatic ring is 1. The number of rotatable bonds is 6. The molecule has 1 aromatic heterocycles. The van der Waals surface area contributed by atoms with Gasteiger partial charge >= 0.3 is 0 Å². The second-order valence-electron chi connectivity index (χ2n) is 7.81. The Bertz CT molecular complexity index is 871. The number of ether oxygens (including phenoxy) is 1. The lowest BCUT2D eigenvalue weighted by Gasteiger charge is -2.33. The van der Waals surface area contributed by atoms with Crippen LogP contribution in [0.2, 0.25) is 0 Å². The molecule has 0 atom stereocenters. The van der Waals surface area contributed by atoms with Gasteiger partial charge in [0.25, 0.3) is 0 Å². The van der Waals surface area contributed by atoms with Gasteiger partial charge in [0, 0.05) is 43.5 Å². The van der Waals surface area contributed by atoms with Gasteiger partial charge in [0.2, 0.25) is 0 Å². The van der Waals surface area contributed by atoms with Gasteiger partial charge in [0.05, 0.1) is 11.4 Å². The highest BCUT2D eigenvalue weighted by Crippen LogP contribution is 2.43. The lowest BCUT2D eigenvalue weighted by atomic mass is 10.0. The maximum atomic E-state index is 8.69. The highest BCUT2D eigenvalue weighted by molar-refractivity contribution is 6.13. The van der Waals surface area contributed by atoms with Crippen molar-refractivity contribution in [3.05, 3.63) is 41.9 Å². The van der Waals surface area contributed by atoms with Crippen LogP contribution in [0, 0.1) is 5.41 Å². The maximum Gasteiger partial charge on any atom is 0.132 e. The summed E-state index contributed by atoms with van der Waals surface area (Å²) in [4.78, 5) is 13.3. The second kappa shape index (κ2) is 7.39. The molecule has 148 valence electrons. The van der Waals surface area contributed by atoms with E-state index in [1.165, 1.54) is 6.33 Å². The van der Waals surface area contributed by atoms with Crippen LogP contribution in [0.15, 0.2) is 30.6 Å². The lowest BCUT2D eigenvalue weighted by molar-refractivity contribution is 0.174. The zero-order chi connectivity index (χ0) is 19.7. The van der Waals surface area contributed by atoms with Gasteiger partial charge in [-0.1, -0.05) is 6.92 Å². The molecule has 3 N–H and O–H groups in total. The van der Waals surface area contributed by atoms with Crippen molar-refractivity contribution in [2.24, 2.45) is 0 Å². The molecule has 1 aromatic carbocycles. The van der Waals surface area contributed by atoms with E-state index in [2.05, 4.69) is 33.7 Å². The van der Waals surface area contributed by atoms with E-state index in [1.54, 1.807) is 0 Å². The quantitative estimate of drug-likeness (QED) is 0.591. The molecule has 1 saturated heterocycles. The summed E-state index contributed by atoms with van der Waals surface area (Å²) in [6, 6.07) is 7.45. The van der Waals surface area contributed by atoms with Crippen LogP contribution in [-0.2, 0) is 0 Å². The van der Waals surface area contributed by atoms with Crippen molar-refractivity contribution >= 4 is 17.2 Å². The molecule has 0 radical (unpaired) electrons. The number of piperazine rings is 1. The third-order valence-corrected chi connectivity index (χ3v) is 5.82. The molecule has 7 nitrogen and oxygen atoms in total. The Kier molecular flexibility index (Phi) is 4.93. The SMILES string of the molecule is CCC1(Oc2ccc(N)c(C(=N)c3cc(N4CCN(C)CC4)ncn3)c2)CC1. The van der Waals surface area contributed by atoms with E-state index in [-0.39, 0.29) is 5.60 Å². The largest absolute Gasteiger partial charge is 0.487 e. The number of benzene rings is 1. The monoisotopic (exact) mass is 380 g/mol. The van der Waals surface area contributed by atoms with E-state index in [1.807, 2.05) is 24.3 Å². The van der Waals surface area contributed by atoms with Crippen LogP contribution in [0.1, 0.15) is 37.4 Å². The Morgan fingerprint density at radius 1 is 1.18 bits per heavy atom. The first-order valence-corrected chi connectivity index (χ1v) is 9.93. The zero-order valence-corrected chi connectivity index (χ0v) is 16.6. The molecule has 0 spiro atoms. The number of nitrogens with one attached hydrogen (secondary N) is 1. The van der Waals surface area contributed by atoms with E-state index in [0.717, 1.165) is 57.0 Å². The molecular weight excluding hydrogens is 352 g/mol. The van der Waals surface area contributed by atoms with Crippen LogP contribution in [0.5, 0.6) is 5.75 Å². The number of aromatic nitrogens is 2. The average molecular weight is 380 g/mol.